The Morgan fingerprint density at radius 2 is 1.56 bits per heavy atom. The third kappa shape index (κ3) is 4.90. The molecule has 0 aliphatic carbocycles. The van der Waals surface area contributed by atoms with Gasteiger partial charge in [-0.2, -0.15) is 0 Å². The molecule has 0 N–H and O–H groups in total. The van der Waals surface area contributed by atoms with Crippen LogP contribution in [0.1, 0.15) is 17.5 Å². The summed E-state index contributed by atoms with van der Waals surface area (Å²) in [4.78, 5) is 0. The molecule has 5 atom stereocenters. The van der Waals surface area contributed by atoms with Crippen LogP contribution >= 0.6 is 22.6 Å². The Morgan fingerprint density at radius 3 is 2.22 bits per heavy atom. The maximum atomic E-state index is 6.28. The van der Waals surface area contributed by atoms with Gasteiger partial charge in [0.2, 0.25) is 0 Å². The van der Waals surface area contributed by atoms with Gasteiger partial charge in [-0.05, 0) is 11.1 Å². The maximum Gasteiger partial charge on any atom is 0.115 e. The second kappa shape index (κ2) is 9.47. The van der Waals surface area contributed by atoms with Crippen LogP contribution in [0, 0.1) is 0 Å². The molecule has 0 unspecified atom stereocenters. The van der Waals surface area contributed by atoms with Crippen LogP contribution in [0.25, 0.3) is 0 Å². The lowest BCUT2D eigenvalue weighted by molar-refractivity contribution is -0.0984. The van der Waals surface area contributed by atoms with Crippen molar-refractivity contribution in [1.29, 1.82) is 0 Å². The van der Waals surface area contributed by atoms with E-state index in [1.165, 1.54) is 5.56 Å². The van der Waals surface area contributed by atoms with Crippen LogP contribution < -0.4 is 0 Å². The van der Waals surface area contributed by atoms with Gasteiger partial charge >= 0.3 is 0 Å². The summed E-state index contributed by atoms with van der Waals surface area (Å²) in [6.45, 7) is 1.66. The molecule has 2 fully saturated rings. The molecule has 0 radical (unpaired) electrons. The van der Waals surface area contributed by atoms with E-state index in [2.05, 4.69) is 46.9 Å². The van der Waals surface area contributed by atoms with Gasteiger partial charge in [-0.25, -0.2) is 0 Å². The topological polar surface area (TPSA) is 36.9 Å². The SMILES string of the molecule is IC[C@@H]1C[C@@H]2O[C@H](COCc3ccccc3)[C@@H](OCc3ccccc3)[C@@H]2O1. The van der Waals surface area contributed by atoms with Gasteiger partial charge in [0, 0.05) is 10.8 Å². The third-order valence-electron chi connectivity index (χ3n) is 5.10. The standard InChI is InChI=1S/C22H25IO4/c23-12-18-11-19-22(26-18)21(25-14-17-9-5-2-6-10-17)20(27-19)15-24-13-16-7-3-1-4-8-16/h1-10,18-22H,11-15H2/t18-,19-,20+,21+,22+/m0/s1. The Bertz CT molecular complexity index is 696. The minimum Gasteiger partial charge on any atom is -0.374 e. The van der Waals surface area contributed by atoms with Gasteiger partial charge in [0.25, 0.3) is 0 Å². The first-order valence-corrected chi connectivity index (χ1v) is 11.0. The van der Waals surface area contributed by atoms with Gasteiger partial charge in [0.1, 0.15) is 18.3 Å². The van der Waals surface area contributed by atoms with E-state index in [0.29, 0.717) is 19.8 Å². The summed E-state index contributed by atoms with van der Waals surface area (Å²) in [6, 6.07) is 20.5. The van der Waals surface area contributed by atoms with Gasteiger partial charge < -0.3 is 18.9 Å². The Kier molecular flexibility index (Phi) is 6.78. The van der Waals surface area contributed by atoms with E-state index in [0.717, 1.165) is 16.4 Å². The highest BCUT2D eigenvalue weighted by atomic mass is 127. The number of hydrogen-bond donors (Lipinski definition) is 0. The predicted octanol–water partition coefficient (Wildman–Crippen LogP) is 4.15. The summed E-state index contributed by atoms with van der Waals surface area (Å²) in [6.07, 6.45) is 1.11. The van der Waals surface area contributed by atoms with E-state index in [9.17, 15) is 0 Å². The normalized spacial score (nSPS) is 29.7. The van der Waals surface area contributed by atoms with Gasteiger partial charge in [-0.1, -0.05) is 83.3 Å². The predicted molar refractivity (Wildman–Crippen MR) is 112 cm³/mol. The maximum absolute atomic E-state index is 6.28. The van der Waals surface area contributed by atoms with Crippen molar-refractivity contribution in [2.45, 2.75) is 50.2 Å². The number of ether oxygens (including phenoxy) is 4. The molecule has 0 bridgehead atoms. The van der Waals surface area contributed by atoms with Gasteiger partial charge in [0.15, 0.2) is 0 Å². The van der Waals surface area contributed by atoms with Gasteiger partial charge in [-0.15, -0.1) is 0 Å². The van der Waals surface area contributed by atoms with Crippen LogP contribution in [0.2, 0.25) is 0 Å². The van der Waals surface area contributed by atoms with Crippen LogP contribution in [0.3, 0.4) is 0 Å². The third-order valence-corrected chi connectivity index (χ3v) is 6.08. The molecular weight excluding hydrogens is 455 g/mol. The molecule has 0 saturated carbocycles. The fourth-order valence-corrected chi connectivity index (χ4v) is 4.33. The number of halogens is 1. The van der Waals surface area contributed by atoms with Crippen molar-refractivity contribution < 1.29 is 18.9 Å². The van der Waals surface area contributed by atoms with Crippen molar-refractivity contribution in [1.82, 2.24) is 0 Å². The zero-order valence-corrected chi connectivity index (χ0v) is 17.4. The summed E-state index contributed by atoms with van der Waals surface area (Å²) < 4.78 is 25.7. The molecule has 0 spiro atoms. The van der Waals surface area contributed by atoms with Crippen LogP contribution in [0.15, 0.2) is 60.7 Å². The van der Waals surface area contributed by atoms with E-state index >= 15 is 0 Å². The molecule has 2 saturated heterocycles. The van der Waals surface area contributed by atoms with Crippen LogP contribution in [0.5, 0.6) is 0 Å². The number of fused-ring (bicyclic) bond motifs is 1. The van der Waals surface area contributed by atoms with Crippen molar-refractivity contribution in [2.75, 3.05) is 11.0 Å². The minimum atomic E-state index is -0.0982. The summed E-state index contributed by atoms with van der Waals surface area (Å²) in [5, 5.41) is 0. The molecule has 2 aromatic rings. The van der Waals surface area contributed by atoms with Crippen LogP contribution in [0.4, 0.5) is 0 Å². The highest BCUT2D eigenvalue weighted by Crippen LogP contribution is 2.37. The zero-order chi connectivity index (χ0) is 18.5. The van der Waals surface area contributed by atoms with Gasteiger partial charge in [0.05, 0.1) is 32.0 Å². The van der Waals surface area contributed by atoms with E-state index in [1.807, 2.05) is 36.4 Å². The van der Waals surface area contributed by atoms with Crippen LogP contribution in [-0.2, 0) is 32.2 Å². The molecule has 5 heteroatoms. The Morgan fingerprint density at radius 1 is 0.889 bits per heavy atom. The summed E-state index contributed by atoms with van der Waals surface area (Å²) >= 11 is 2.38. The molecule has 27 heavy (non-hydrogen) atoms. The zero-order valence-electron chi connectivity index (χ0n) is 15.2. The number of rotatable bonds is 8. The monoisotopic (exact) mass is 480 g/mol. The van der Waals surface area contributed by atoms with E-state index < -0.39 is 0 Å². The second-order valence-electron chi connectivity index (χ2n) is 7.09. The molecule has 2 aromatic carbocycles. The van der Waals surface area contributed by atoms with E-state index in [-0.39, 0.29) is 30.5 Å². The van der Waals surface area contributed by atoms with Crippen molar-refractivity contribution in [3.05, 3.63) is 71.8 Å². The van der Waals surface area contributed by atoms with Crippen molar-refractivity contribution in [3.8, 4) is 0 Å². The summed E-state index contributed by atoms with van der Waals surface area (Å²) in [5.41, 5.74) is 2.33. The smallest absolute Gasteiger partial charge is 0.115 e. The summed E-state index contributed by atoms with van der Waals surface area (Å²) in [7, 11) is 0. The fourth-order valence-electron chi connectivity index (χ4n) is 3.76. The lowest BCUT2D eigenvalue weighted by Crippen LogP contribution is -2.37. The first-order chi connectivity index (χ1) is 13.3. The number of benzene rings is 2. The molecule has 0 amide bonds. The van der Waals surface area contributed by atoms with E-state index in [4.69, 9.17) is 18.9 Å². The van der Waals surface area contributed by atoms with Crippen molar-refractivity contribution >= 4 is 22.6 Å². The van der Waals surface area contributed by atoms with Crippen molar-refractivity contribution in [3.63, 3.8) is 0 Å². The first-order valence-electron chi connectivity index (χ1n) is 9.47. The molecule has 0 aromatic heterocycles. The molecule has 2 heterocycles. The molecule has 144 valence electrons. The number of hydrogen-bond acceptors (Lipinski definition) is 4. The molecule has 4 nitrogen and oxygen atoms in total. The van der Waals surface area contributed by atoms with E-state index in [1.54, 1.807) is 0 Å². The molecule has 2 aliphatic rings. The molecule has 2 aliphatic heterocycles. The highest BCUT2D eigenvalue weighted by Gasteiger charge is 2.51. The minimum absolute atomic E-state index is 0.00111. The Balaban J connectivity index is 1.36. The fraction of sp³-hybridized carbons (Fsp3) is 0.455. The van der Waals surface area contributed by atoms with Crippen molar-refractivity contribution in [2.24, 2.45) is 0 Å². The summed E-state index contributed by atoms with van der Waals surface area (Å²) in [5.74, 6) is 0. The lowest BCUT2D eigenvalue weighted by Gasteiger charge is -2.24. The lowest BCUT2D eigenvalue weighted by atomic mass is 10.1. The average molecular weight is 480 g/mol. The van der Waals surface area contributed by atoms with Gasteiger partial charge in [-0.3, -0.25) is 0 Å². The van der Waals surface area contributed by atoms with Crippen LogP contribution in [-0.4, -0.2) is 41.6 Å². The highest BCUT2D eigenvalue weighted by molar-refractivity contribution is 14.1. The number of alkyl halides is 1. The Hall–Kier alpha value is -0.990. The Labute approximate surface area is 174 Å². The average Bonchev–Trinajstić information content (AvgIpc) is 3.25. The first kappa shape index (κ1) is 19.3. The molecular formula is C22H25IO4. The largest absolute Gasteiger partial charge is 0.374 e. The quantitative estimate of drug-likeness (QED) is 0.421. The molecule has 4 rings (SSSR count). The second-order valence-corrected chi connectivity index (χ2v) is 7.97.